The Bertz CT molecular complexity index is 669. The number of ether oxygens (including phenoxy) is 1. The van der Waals surface area contributed by atoms with Gasteiger partial charge < -0.3 is 4.74 Å². The minimum Gasteiger partial charge on any atom is -0.497 e. The van der Waals surface area contributed by atoms with Gasteiger partial charge in [0.1, 0.15) is 5.75 Å². The third-order valence-electron chi connectivity index (χ3n) is 3.41. The summed E-state index contributed by atoms with van der Waals surface area (Å²) in [5.74, 6) is 0.916. The van der Waals surface area contributed by atoms with E-state index in [0.29, 0.717) is 6.42 Å². The number of carbonyl (C=O) groups excluding carboxylic acids is 1. The van der Waals surface area contributed by atoms with Crippen molar-refractivity contribution in [2.24, 2.45) is 0 Å². The fourth-order valence-corrected chi connectivity index (χ4v) is 2.37. The summed E-state index contributed by atoms with van der Waals surface area (Å²) in [6, 6.07) is 13.6. The average Bonchev–Trinajstić information content (AvgIpc) is 2.44. The van der Waals surface area contributed by atoms with E-state index in [1.54, 1.807) is 7.11 Å². The molecule has 19 heavy (non-hydrogen) atoms. The number of benzene rings is 2. The number of hydrogen-bond acceptors (Lipinski definition) is 2. The lowest BCUT2D eigenvalue weighted by Crippen LogP contribution is -2.08. The largest absolute Gasteiger partial charge is 0.497 e. The molecule has 0 spiro atoms. The van der Waals surface area contributed by atoms with Gasteiger partial charge in [-0.05, 0) is 34.9 Å². The Balaban J connectivity index is 2.15. The molecule has 0 aliphatic heterocycles. The molecule has 0 atom stereocenters. The maximum absolute atomic E-state index is 12.3. The van der Waals surface area contributed by atoms with Gasteiger partial charge in [0.15, 0.2) is 5.78 Å². The molecule has 0 unspecified atom stereocenters. The van der Waals surface area contributed by atoms with E-state index < -0.39 is 0 Å². The highest BCUT2D eigenvalue weighted by atomic mass is 16.5. The van der Waals surface area contributed by atoms with E-state index in [0.717, 1.165) is 28.0 Å². The molecule has 0 fully saturated rings. The minimum atomic E-state index is 0.148. The molecular weight excluding hydrogens is 236 g/mol. The summed E-state index contributed by atoms with van der Waals surface area (Å²) in [5, 5.41) is 0. The van der Waals surface area contributed by atoms with Gasteiger partial charge in [-0.1, -0.05) is 36.4 Å². The third kappa shape index (κ3) is 2.17. The highest BCUT2D eigenvalue weighted by Crippen LogP contribution is 2.25. The molecule has 0 bridgehead atoms. The molecule has 2 nitrogen and oxygen atoms in total. The van der Waals surface area contributed by atoms with E-state index in [1.165, 1.54) is 0 Å². The summed E-state index contributed by atoms with van der Waals surface area (Å²) in [5.41, 5.74) is 3.85. The SMILES string of the molecule is COc1ccc2c(c1)C=Cc1ccccc1CC2=O. The minimum absolute atomic E-state index is 0.148. The van der Waals surface area contributed by atoms with E-state index in [2.05, 4.69) is 6.08 Å². The molecule has 0 saturated carbocycles. The molecule has 0 amide bonds. The lowest BCUT2D eigenvalue weighted by atomic mass is 9.92. The fraction of sp³-hybridized carbons (Fsp3) is 0.118. The van der Waals surface area contributed by atoms with Gasteiger partial charge in [0.25, 0.3) is 0 Å². The van der Waals surface area contributed by atoms with Crippen LogP contribution < -0.4 is 4.74 Å². The number of ketones is 1. The topological polar surface area (TPSA) is 26.3 Å². The lowest BCUT2D eigenvalue weighted by molar-refractivity contribution is 0.0992. The standard InChI is InChI=1S/C17H14O2/c1-19-15-8-9-16-14(10-15)7-6-12-4-2-3-5-13(12)11-17(16)18/h2-10H,11H2,1H3. The predicted molar refractivity (Wildman–Crippen MR) is 76.4 cm³/mol. The van der Waals surface area contributed by atoms with Gasteiger partial charge in [-0.2, -0.15) is 0 Å². The lowest BCUT2D eigenvalue weighted by Gasteiger charge is -2.12. The summed E-state index contributed by atoms with van der Waals surface area (Å²) >= 11 is 0. The van der Waals surface area contributed by atoms with Crippen molar-refractivity contribution in [3.63, 3.8) is 0 Å². The number of fused-ring (bicyclic) bond motifs is 2. The highest BCUT2D eigenvalue weighted by Gasteiger charge is 2.15. The summed E-state index contributed by atoms with van der Waals surface area (Å²) in [6.07, 6.45) is 4.48. The Morgan fingerprint density at radius 2 is 1.79 bits per heavy atom. The molecule has 1 aliphatic carbocycles. The van der Waals surface area contributed by atoms with Crippen molar-refractivity contribution in [3.05, 3.63) is 64.7 Å². The van der Waals surface area contributed by atoms with Crippen LogP contribution in [0.25, 0.3) is 12.2 Å². The van der Waals surface area contributed by atoms with Gasteiger partial charge in [-0.3, -0.25) is 4.79 Å². The van der Waals surface area contributed by atoms with Gasteiger partial charge in [-0.15, -0.1) is 0 Å². The second kappa shape index (κ2) is 4.73. The summed E-state index contributed by atoms with van der Waals surface area (Å²) in [7, 11) is 1.63. The Morgan fingerprint density at radius 3 is 2.63 bits per heavy atom. The van der Waals surface area contributed by atoms with Crippen LogP contribution in [0.2, 0.25) is 0 Å². The number of methoxy groups -OCH3 is 1. The van der Waals surface area contributed by atoms with Crippen LogP contribution in [0.15, 0.2) is 42.5 Å². The molecule has 0 aromatic heterocycles. The van der Waals surface area contributed by atoms with Crippen LogP contribution in [0, 0.1) is 0 Å². The van der Waals surface area contributed by atoms with Crippen LogP contribution in [0.4, 0.5) is 0 Å². The van der Waals surface area contributed by atoms with Crippen molar-refractivity contribution in [3.8, 4) is 5.75 Å². The monoisotopic (exact) mass is 250 g/mol. The van der Waals surface area contributed by atoms with Gasteiger partial charge in [0.2, 0.25) is 0 Å². The van der Waals surface area contributed by atoms with Crippen molar-refractivity contribution in [1.82, 2.24) is 0 Å². The van der Waals surface area contributed by atoms with E-state index in [9.17, 15) is 4.79 Å². The quantitative estimate of drug-likeness (QED) is 0.773. The molecule has 3 rings (SSSR count). The van der Waals surface area contributed by atoms with Crippen LogP contribution in [-0.4, -0.2) is 12.9 Å². The Morgan fingerprint density at radius 1 is 1.00 bits per heavy atom. The van der Waals surface area contributed by atoms with Gasteiger partial charge in [0, 0.05) is 12.0 Å². The Kier molecular flexibility index (Phi) is 2.92. The Hall–Kier alpha value is -2.35. The first kappa shape index (κ1) is 11.7. The van der Waals surface area contributed by atoms with Crippen molar-refractivity contribution in [2.45, 2.75) is 6.42 Å². The normalized spacial score (nSPS) is 13.2. The van der Waals surface area contributed by atoms with Crippen LogP contribution in [0.1, 0.15) is 27.0 Å². The first-order chi connectivity index (χ1) is 9.28. The highest BCUT2D eigenvalue weighted by molar-refractivity contribution is 6.03. The maximum atomic E-state index is 12.3. The number of hydrogen-bond donors (Lipinski definition) is 0. The van der Waals surface area contributed by atoms with Gasteiger partial charge >= 0.3 is 0 Å². The smallest absolute Gasteiger partial charge is 0.167 e. The zero-order valence-corrected chi connectivity index (χ0v) is 10.7. The first-order valence-electron chi connectivity index (χ1n) is 6.25. The molecule has 0 N–H and O–H groups in total. The summed E-state index contributed by atoms with van der Waals surface area (Å²) in [6.45, 7) is 0. The Labute approximate surface area is 112 Å². The molecule has 2 aromatic carbocycles. The number of rotatable bonds is 1. The zero-order chi connectivity index (χ0) is 13.2. The maximum Gasteiger partial charge on any atom is 0.167 e. The van der Waals surface area contributed by atoms with E-state index in [1.807, 2.05) is 48.5 Å². The van der Waals surface area contributed by atoms with Crippen LogP contribution in [-0.2, 0) is 6.42 Å². The molecular formula is C17H14O2. The molecule has 0 saturated heterocycles. The number of Topliss-reactive ketones (excluding diaryl/α,β-unsaturated/α-hetero) is 1. The van der Waals surface area contributed by atoms with Crippen molar-refractivity contribution in [1.29, 1.82) is 0 Å². The second-order valence-electron chi connectivity index (χ2n) is 4.59. The van der Waals surface area contributed by atoms with Crippen molar-refractivity contribution >= 4 is 17.9 Å². The van der Waals surface area contributed by atoms with Crippen LogP contribution in [0.5, 0.6) is 5.75 Å². The van der Waals surface area contributed by atoms with Crippen LogP contribution in [0.3, 0.4) is 0 Å². The first-order valence-corrected chi connectivity index (χ1v) is 6.25. The van der Waals surface area contributed by atoms with Crippen LogP contribution >= 0.6 is 0 Å². The van der Waals surface area contributed by atoms with Crippen molar-refractivity contribution < 1.29 is 9.53 Å². The zero-order valence-electron chi connectivity index (χ0n) is 10.7. The second-order valence-corrected chi connectivity index (χ2v) is 4.59. The molecule has 0 radical (unpaired) electrons. The molecule has 94 valence electrons. The van der Waals surface area contributed by atoms with E-state index in [4.69, 9.17) is 4.74 Å². The predicted octanol–water partition coefficient (Wildman–Crippen LogP) is 3.60. The summed E-state index contributed by atoms with van der Waals surface area (Å²) in [4.78, 5) is 12.3. The van der Waals surface area contributed by atoms with E-state index >= 15 is 0 Å². The van der Waals surface area contributed by atoms with Gasteiger partial charge in [-0.25, -0.2) is 0 Å². The molecule has 2 aromatic rings. The third-order valence-corrected chi connectivity index (χ3v) is 3.41. The fourth-order valence-electron chi connectivity index (χ4n) is 2.37. The molecule has 1 aliphatic rings. The number of carbonyl (C=O) groups is 1. The summed E-state index contributed by atoms with van der Waals surface area (Å²) < 4.78 is 5.21. The molecule has 2 heteroatoms. The molecule has 0 heterocycles. The van der Waals surface area contributed by atoms with Crippen molar-refractivity contribution in [2.75, 3.05) is 7.11 Å². The van der Waals surface area contributed by atoms with Gasteiger partial charge in [0.05, 0.1) is 7.11 Å². The average molecular weight is 250 g/mol. The van der Waals surface area contributed by atoms with E-state index in [-0.39, 0.29) is 5.78 Å².